The van der Waals surface area contributed by atoms with E-state index in [2.05, 4.69) is 19.9 Å². The molecule has 10 nitrogen and oxygen atoms in total. The van der Waals surface area contributed by atoms with Crippen LogP contribution in [0.4, 0.5) is 17.5 Å². The van der Waals surface area contributed by atoms with Crippen molar-refractivity contribution in [3.63, 3.8) is 0 Å². The molecule has 1 amide bonds. The molecule has 0 fully saturated rings. The van der Waals surface area contributed by atoms with E-state index in [0.717, 1.165) is 0 Å². The third kappa shape index (κ3) is 3.27. The van der Waals surface area contributed by atoms with Gasteiger partial charge in [-0.1, -0.05) is 0 Å². The summed E-state index contributed by atoms with van der Waals surface area (Å²) in [6, 6.07) is 5.89. The molecule has 0 aliphatic heterocycles. The second-order valence-electron chi connectivity index (χ2n) is 5.09. The maximum atomic E-state index is 11.4. The predicted octanol–water partition coefficient (Wildman–Crippen LogP) is 0.445. The van der Waals surface area contributed by atoms with Gasteiger partial charge in [-0.25, -0.2) is 14.8 Å². The fraction of sp³-hybridized carbons (Fsp3) is 0.0667. The van der Waals surface area contributed by atoms with E-state index in [1.807, 2.05) is 0 Å². The van der Waals surface area contributed by atoms with E-state index in [1.165, 1.54) is 35.4 Å². The van der Waals surface area contributed by atoms with Crippen LogP contribution in [-0.2, 0) is 11.3 Å². The molecule has 3 rings (SSSR count). The van der Waals surface area contributed by atoms with E-state index < -0.39 is 5.97 Å². The van der Waals surface area contributed by atoms with Gasteiger partial charge >= 0.3 is 5.97 Å². The normalized spacial score (nSPS) is 10.6. The number of hydrogen-bond acceptors (Lipinski definition) is 8. The molecule has 0 saturated heterocycles. The van der Waals surface area contributed by atoms with Gasteiger partial charge in [0.1, 0.15) is 0 Å². The van der Waals surface area contributed by atoms with E-state index in [1.54, 1.807) is 0 Å². The Bertz CT molecular complexity index is 959. The highest BCUT2D eigenvalue weighted by Crippen LogP contribution is 2.18. The average Bonchev–Trinajstić information content (AvgIpc) is 2.60. The van der Waals surface area contributed by atoms with Crippen LogP contribution in [-0.4, -0.2) is 37.4 Å². The molecule has 0 aliphatic carbocycles. The van der Waals surface area contributed by atoms with Crippen LogP contribution in [0.25, 0.3) is 11.2 Å². The van der Waals surface area contributed by atoms with Gasteiger partial charge in [0.25, 0.3) is 0 Å². The summed E-state index contributed by atoms with van der Waals surface area (Å²) >= 11 is 0. The number of carbonyl (C=O) groups is 2. The Kier molecular flexibility index (Phi) is 4.08. The first-order chi connectivity index (χ1) is 12.0. The number of nitrogens with two attached hydrogens (primary N) is 2. The van der Waals surface area contributed by atoms with E-state index in [0.29, 0.717) is 23.3 Å². The maximum Gasteiger partial charge on any atom is 0.335 e. The number of anilines is 3. The van der Waals surface area contributed by atoms with E-state index in [-0.39, 0.29) is 29.5 Å². The molecule has 0 atom stereocenters. The molecule has 3 aromatic rings. The zero-order chi connectivity index (χ0) is 18.0. The first kappa shape index (κ1) is 16.1. The largest absolute Gasteiger partial charge is 0.478 e. The number of nitrogen functional groups attached to an aromatic ring is 2. The van der Waals surface area contributed by atoms with Crippen LogP contribution < -0.4 is 16.4 Å². The van der Waals surface area contributed by atoms with Crippen molar-refractivity contribution in [2.45, 2.75) is 6.54 Å². The number of aromatic carboxylic acids is 1. The lowest BCUT2D eigenvalue weighted by atomic mass is 10.2. The number of benzene rings is 1. The molecule has 126 valence electrons. The second-order valence-corrected chi connectivity index (χ2v) is 5.09. The monoisotopic (exact) mass is 339 g/mol. The highest BCUT2D eigenvalue weighted by Gasteiger charge is 2.12. The Balaban J connectivity index is 1.90. The molecule has 0 radical (unpaired) electrons. The van der Waals surface area contributed by atoms with Gasteiger partial charge in [-0.2, -0.15) is 9.97 Å². The molecule has 0 spiro atoms. The number of hydrogen-bond donors (Lipinski definition) is 3. The quantitative estimate of drug-likeness (QED) is 0.560. The summed E-state index contributed by atoms with van der Waals surface area (Å²) in [4.78, 5) is 39.9. The summed E-state index contributed by atoms with van der Waals surface area (Å²) in [5, 5.41) is 8.92. The fourth-order valence-corrected chi connectivity index (χ4v) is 2.22. The van der Waals surface area contributed by atoms with E-state index in [9.17, 15) is 9.59 Å². The summed E-state index contributed by atoms with van der Waals surface area (Å²) in [6.07, 6.45) is 2.07. The van der Waals surface area contributed by atoms with E-state index >= 15 is 0 Å². The molecule has 0 unspecified atom stereocenters. The van der Waals surface area contributed by atoms with Crippen LogP contribution in [0.15, 0.2) is 30.5 Å². The molecule has 0 saturated carbocycles. The van der Waals surface area contributed by atoms with Crippen molar-refractivity contribution in [2.75, 3.05) is 16.4 Å². The number of fused-ring (bicyclic) bond motifs is 1. The SMILES string of the molecule is Nc1nc(N)c2nc(CN(C=O)c3ccc(C(=O)O)cc3)cnc2n1. The minimum Gasteiger partial charge on any atom is -0.478 e. The van der Waals surface area contributed by atoms with Gasteiger partial charge in [-0.15, -0.1) is 0 Å². The van der Waals surface area contributed by atoms with E-state index in [4.69, 9.17) is 16.6 Å². The number of carbonyl (C=O) groups excluding carboxylic acids is 1. The van der Waals surface area contributed by atoms with Crippen molar-refractivity contribution in [3.05, 3.63) is 41.7 Å². The first-order valence-corrected chi connectivity index (χ1v) is 7.08. The lowest BCUT2D eigenvalue weighted by Gasteiger charge is -2.17. The fourth-order valence-electron chi connectivity index (χ4n) is 2.22. The molecule has 10 heteroatoms. The summed E-state index contributed by atoms with van der Waals surface area (Å²) in [5.41, 5.74) is 12.9. The van der Waals surface area contributed by atoms with Crippen LogP contribution >= 0.6 is 0 Å². The highest BCUT2D eigenvalue weighted by atomic mass is 16.4. The van der Waals surface area contributed by atoms with Gasteiger partial charge in [-0.05, 0) is 24.3 Å². The Morgan fingerprint density at radius 1 is 1.16 bits per heavy atom. The molecule has 0 aliphatic rings. The van der Waals surface area contributed by atoms with Gasteiger partial charge < -0.3 is 21.5 Å². The standard InChI is InChI=1S/C15H13N7O3/c16-12-11-13(21-15(17)20-12)18-5-9(19-11)6-22(7-23)10-3-1-8(2-4-10)14(24)25/h1-5,7H,6H2,(H,24,25)(H4,16,17,18,20,21). The molecule has 5 N–H and O–H groups in total. The van der Waals surface area contributed by atoms with Gasteiger partial charge in [0, 0.05) is 5.69 Å². The van der Waals surface area contributed by atoms with Crippen LogP contribution in [0.5, 0.6) is 0 Å². The molecule has 2 heterocycles. The van der Waals surface area contributed by atoms with Crippen molar-refractivity contribution in [1.82, 2.24) is 19.9 Å². The molecule has 1 aromatic carbocycles. The van der Waals surface area contributed by atoms with Crippen LogP contribution in [0.1, 0.15) is 16.1 Å². The smallest absolute Gasteiger partial charge is 0.335 e. The van der Waals surface area contributed by atoms with Crippen molar-refractivity contribution in [2.24, 2.45) is 0 Å². The Morgan fingerprint density at radius 2 is 1.88 bits per heavy atom. The third-order valence-electron chi connectivity index (χ3n) is 3.41. The lowest BCUT2D eigenvalue weighted by Crippen LogP contribution is -2.21. The minimum absolute atomic E-state index is 0.0000818. The number of carboxylic acid groups (broad SMARTS) is 1. The highest BCUT2D eigenvalue weighted by molar-refractivity contribution is 5.88. The summed E-state index contributed by atoms with van der Waals surface area (Å²) in [5.74, 6) is -0.945. The predicted molar refractivity (Wildman–Crippen MR) is 89.6 cm³/mol. The number of amides is 1. The second kappa shape index (κ2) is 6.35. The third-order valence-corrected chi connectivity index (χ3v) is 3.41. The van der Waals surface area contributed by atoms with Crippen molar-refractivity contribution < 1.29 is 14.7 Å². The van der Waals surface area contributed by atoms with Gasteiger partial charge in [0.2, 0.25) is 12.4 Å². The Labute approximate surface area is 141 Å². The molecule has 0 bridgehead atoms. The van der Waals surface area contributed by atoms with Crippen LogP contribution in [0, 0.1) is 0 Å². The topological polar surface area (TPSA) is 161 Å². The number of aromatic nitrogens is 4. The lowest BCUT2D eigenvalue weighted by molar-refractivity contribution is -0.107. The first-order valence-electron chi connectivity index (χ1n) is 7.08. The van der Waals surface area contributed by atoms with Crippen molar-refractivity contribution in [3.8, 4) is 0 Å². The Morgan fingerprint density at radius 3 is 2.52 bits per heavy atom. The maximum absolute atomic E-state index is 11.4. The van der Waals surface area contributed by atoms with Gasteiger partial charge in [0.05, 0.1) is 24.0 Å². The van der Waals surface area contributed by atoms with Crippen LogP contribution in [0.3, 0.4) is 0 Å². The average molecular weight is 339 g/mol. The molecular formula is C15H13N7O3. The Hall–Kier alpha value is -3.82. The molecular weight excluding hydrogens is 326 g/mol. The van der Waals surface area contributed by atoms with Crippen molar-refractivity contribution >= 4 is 41.0 Å². The number of carboxylic acids is 1. The summed E-state index contributed by atoms with van der Waals surface area (Å²) < 4.78 is 0. The zero-order valence-corrected chi connectivity index (χ0v) is 12.8. The van der Waals surface area contributed by atoms with Crippen LogP contribution in [0.2, 0.25) is 0 Å². The zero-order valence-electron chi connectivity index (χ0n) is 12.8. The molecule has 25 heavy (non-hydrogen) atoms. The minimum atomic E-state index is -1.04. The number of nitrogens with zero attached hydrogens (tertiary/aromatic N) is 5. The summed E-state index contributed by atoms with van der Waals surface area (Å²) in [7, 11) is 0. The van der Waals surface area contributed by atoms with Gasteiger partial charge in [-0.3, -0.25) is 4.79 Å². The summed E-state index contributed by atoms with van der Waals surface area (Å²) in [6.45, 7) is 0.114. The van der Waals surface area contributed by atoms with Gasteiger partial charge in [0.15, 0.2) is 17.0 Å². The number of rotatable bonds is 5. The van der Waals surface area contributed by atoms with Crippen molar-refractivity contribution in [1.29, 1.82) is 0 Å². The molecule has 2 aromatic heterocycles.